The molecule has 2 rings (SSSR count). The number of carbonyl (C=O) groups excluding carboxylic acids is 2. The Bertz CT molecular complexity index is 468. The maximum absolute atomic E-state index is 11.9. The van der Waals surface area contributed by atoms with E-state index in [9.17, 15) is 9.59 Å². The van der Waals surface area contributed by atoms with E-state index in [0.29, 0.717) is 30.2 Å². The molecule has 2 amide bonds. The van der Waals surface area contributed by atoms with E-state index >= 15 is 0 Å². The van der Waals surface area contributed by atoms with E-state index < -0.39 is 0 Å². The Hall–Kier alpha value is -1.40. The zero-order valence-corrected chi connectivity index (χ0v) is 13.5. The van der Waals surface area contributed by atoms with Crippen molar-refractivity contribution in [2.75, 3.05) is 13.2 Å². The quantitative estimate of drug-likeness (QED) is 0.671. The van der Waals surface area contributed by atoms with Crippen LogP contribution in [0.4, 0.5) is 0 Å². The van der Waals surface area contributed by atoms with Crippen LogP contribution in [0.1, 0.15) is 48.2 Å². The van der Waals surface area contributed by atoms with Crippen molar-refractivity contribution >= 4 is 23.2 Å². The van der Waals surface area contributed by atoms with Crippen LogP contribution in [0.2, 0.25) is 0 Å². The average Bonchev–Trinajstić information content (AvgIpc) is 3.06. The van der Waals surface area contributed by atoms with E-state index in [-0.39, 0.29) is 24.5 Å². The summed E-state index contributed by atoms with van der Waals surface area (Å²) in [5.74, 6) is 0.385. The first-order chi connectivity index (χ1) is 10.7. The Kier molecular flexibility index (Phi) is 6.86. The predicted octanol–water partition coefficient (Wildman–Crippen LogP) is 1.93. The van der Waals surface area contributed by atoms with Crippen LogP contribution < -0.4 is 10.6 Å². The summed E-state index contributed by atoms with van der Waals surface area (Å²) < 4.78 is 0. The van der Waals surface area contributed by atoms with Crippen molar-refractivity contribution in [2.45, 2.75) is 44.6 Å². The minimum Gasteiger partial charge on any atom is -0.396 e. The second-order valence-electron chi connectivity index (χ2n) is 5.80. The van der Waals surface area contributed by atoms with Crippen molar-refractivity contribution in [3.8, 4) is 0 Å². The molecule has 0 bridgehead atoms. The molecule has 0 aliphatic heterocycles. The molecule has 1 saturated carbocycles. The predicted molar refractivity (Wildman–Crippen MR) is 86.9 cm³/mol. The van der Waals surface area contributed by atoms with Gasteiger partial charge in [0, 0.05) is 25.6 Å². The lowest BCUT2D eigenvalue weighted by molar-refractivity contribution is -0.122. The van der Waals surface area contributed by atoms with Gasteiger partial charge < -0.3 is 15.7 Å². The van der Waals surface area contributed by atoms with Crippen molar-refractivity contribution in [2.24, 2.45) is 5.92 Å². The molecule has 3 N–H and O–H groups in total. The number of nitrogens with one attached hydrogen (secondary N) is 2. The van der Waals surface area contributed by atoms with Crippen LogP contribution >= 0.6 is 11.3 Å². The van der Waals surface area contributed by atoms with Crippen molar-refractivity contribution in [1.29, 1.82) is 0 Å². The van der Waals surface area contributed by atoms with Gasteiger partial charge in [0.05, 0.1) is 4.88 Å². The molecule has 122 valence electrons. The number of thiophene rings is 1. The minimum atomic E-state index is -0.0715. The molecule has 1 fully saturated rings. The third-order valence-electron chi connectivity index (χ3n) is 4.08. The lowest BCUT2D eigenvalue weighted by atomic mass is 9.86. The van der Waals surface area contributed by atoms with Gasteiger partial charge in [-0.2, -0.15) is 0 Å². The first kappa shape index (κ1) is 17.0. The van der Waals surface area contributed by atoms with Gasteiger partial charge in [0.1, 0.15) is 0 Å². The summed E-state index contributed by atoms with van der Waals surface area (Å²) in [6.07, 6.45) is 4.95. The van der Waals surface area contributed by atoms with Gasteiger partial charge in [-0.05, 0) is 49.5 Å². The fourth-order valence-electron chi connectivity index (χ4n) is 2.73. The van der Waals surface area contributed by atoms with Crippen LogP contribution in [0.5, 0.6) is 0 Å². The highest BCUT2D eigenvalue weighted by atomic mass is 32.1. The molecule has 1 aliphatic rings. The number of aliphatic hydroxyl groups excluding tert-OH is 1. The molecule has 1 aliphatic carbocycles. The van der Waals surface area contributed by atoms with Gasteiger partial charge in [-0.1, -0.05) is 6.07 Å². The molecular formula is C16H24N2O3S. The summed E-state index contributed by atoms with van der Waals surface area (Å²) >= 11 is 1.41. The zero-order chi connectivity index (χ0) is 15.8. The second-order valence-corrected chi connectivity index (χ2v) is 6.75. The summed E-state index contributed by atoms with van der Waals surface area (Å²) in [5.41, 5.74) is 0. The number of rotatable bonds is 7. The monoisotopic (exact) mass is 324 g/mol. The summed E-state index contributed by atoms with van der Waals surface area (Å²) in [5, 5.41) is 16.8. The molecule has 0 unspecified atom stereocenters. The van der Waals surface area contributed by atoms with Gasteiger partial charge >= 0.3 is 0 Å². The van der Waals surface area contributed by atoms with Gasteiger partial charge in [-0.15, -0.1) is 11.3 Å². The molecule has 6 heteroatoms. The van der Waals surface area contributed by atoms with Crippen molar-refractivity contribution < 1.29 is 14.7 Å². The first-order valence-corrected chi connectivity index (χ1v) is 8.79. The topological polar surface area (TPSA) is 78.4 Å². The number of hydrogen-bond donors (Lipinski definition) is 3. The average molecular weight is 324 g/mol. The number of aliphatic hydroxyl groups is 1. The maximum Gasteiger partial charge on any atom is 0.261 e. The van der Waals surface area contributed by atoms with Crippen molar-refractivity contribution in [3.05, 3.63) is 22.4 Å². The van der Waals surface area contributed by atoms with Crippen molar-refractivity contribution in [3.63, 3.8) is 0 Å². The fourth-order valence-corrected chi connectivity index (χ4v) is 3.38. The Balaban J connectivity index is 1.55. The molecule has 1 aromatic rings. The molecule has 0 aromatic carbocycles. The van der Waals surface area contributed by atoms with Gasteiger partial charge in [0.15, 0.2) is 0 Å². The Labute approximate surface area is 135 Å². The lowest BCUT2D eigenvalue weighted by Gasteiger charge is -2.27. The summed E-state index contributed by atoms with van der Waals surface area (Å²) in [7, 11) is 0. The number of amides is 2. The third-order valence-corrected chi connectivity index (χ3v) is 4.95. The first-order valence-electron chi connectivity index (χ1n) is 7.91. The van der Waals surface area contributed by atoms with Crippen LogP contribution in [-0.2, 0) is 4.79 Å². The van der Waals surface area contributed by atoms with Gasteiger partial charge in [0.25, 0.3) is 5.91 Å². The van der Waals surface area contributed by atoms with Gasteiger partial charge in [-0.3, -0.25) is 9.59 Å². The van der Waals surface area contributed by atoms with Gasteiger partial charge in [0.2, 0.25) is 5.91 Å². The summed E-state index contributed by atoms with van der Waals surface area (Å²) in [4.78, 5) is 24.3. The highest BCUT2D eigenvalue weighted by molar-refractivity contribution is 7.12. The Morgan fingerprint density at radius 2 is 2.05 bits per heavy atom. The second kappa shape index (κ2) is 8.90. The normalized spacial score (nSPS) is 21.3. The molecule has 0 atom stereocenters. The molecule has 0 radical (unpaired) electrons. The summed E-state index contributed by atoms with van der Waals surface area (Å²) in [6, 6.07) is 3.88. The molecular weight excluding hydrogens is 300 g/mol. The molecule has 5 nitrogen and oxygen atoms in total. The zero-order valence-electron chi connectivity index (χ0n) is 12.7. The summed E-state index contributed by atoms with van der Waals surface area (Å²) in [6.45, 7) is 0.770. The minimum absolute atomic E-state index is 0.0535. The molecule has 1 heterocycles. The molecule has 1 aromatic heterocycles. The van der Waals surface area contributed by atoms with E-state index in [1.165, 1.54) is 11.3 Å². The van der Waals surface area contributed by atoms with Crippen LogP contribution in [0.3, 0.4) is 0 Å². The fraction of sp³-hybridized carbons (Fsp3) is 0.625. The van der Waals surface area contributed by atoms with E-state index in [2.05, 4.69) is 10.6 Å². The van der Waals surface area contributed by atoms with Crippen LogP contribution in [0.25, 0.3) is 0 Å². The van der Waals surface area contributed by atoms with E-state index in [1.807, 2.05) is 11.4 Å². The highest BCUT2D eigenvalue weighted by Gasteiger charge is 2.21. The number of carbonyl (C=O) groups is 2. The third kappa shape index (κ3) is 5.42. The van der Waals surface area contributed by atoms with E-state index in [4.69, 9.17) is 5.11 Å². The van der Waals surface area contributed by atoms with Gasteiger partial charge in [-0.25, -0.2) is 0 Å². The van der Waals surface area contributed by atoms with Crippen LogP contribution in [0, 0.1) is 5.92 Å². The van der Waals surface area contributed by atoms with E-state index in [1.54, 1.807) is 6.07 Å². The SMILES string of the molecule is O=C(CCCNC(=O)c1cccs1)NC1CCC(CO)CC1. The Morgan fingerprint density at radius 3 is 2.68 bits per heavy atom. The van der Waals surface area contributed by atoms with Crippen LogP contribution in [-0.4, -0.2) is 36.1 Å². The molecule has 22 heavy (non-hydrogen) atoms. The Morgan fingerprint density at radius 1 is 1.27 bits per heavy atom. The smallest absolute Gasteiger partial charge is 0.261 e. The van der Waals surface area contributed by atoms with Crippen LogP contribution in [0.15, 0.2) is 17.5 Å². The number of hydrogen-bond acceptors (Lipinski definition) is 4. The van der Waals surface area contributed by atoms with Crippen molar-refractivity contribution in [1.82, 2.24) is 10.6 Å². The largest absolute Gasteiger partial charge is 0.396 e. The molecule has 0 saturated heterocycles. The van der Waals surface area contributed by atoms with E-state index in [0.717, 1.165) is 25.7 Å². The lowest BCUT2D eigenvalue weighted by Crippen LogP contribution is -2.38. The maximum atomic E-state index is 11.9. The highest BCUT2D eigenvalue weighted by Crippen LogP contribution is 2.23. The molecule has 0 spiro atoms. The standard InChI is InChI=1S/C16H24N2O3S/c19-11-12-5-7-13(8-6-12)18-15(20)4-1-9-17-16(21)14-3-2-10-22-14/h2-3,10,12-13,19H,1,4-9,11H2,(H,17,21)(H,18,20).